The van der Waals surface area contributed by atoms with Crippen LogP contribution >= 0.6 is 11.3 Å². The van der Waals surface area contributed by atoms with Gasteiger partial charge in [-0.1, -0.05) is 36.4 Å². The molecule has 22 heavy (non-hydrogen) atoms. The first kappa shape index (κ1) is 16.5. The van der Waals surface area contributed by atoms with Gasteiger partial charge in [-0.2, -0.15) is 13.1 Å². The van der Waals surface area contributed by atoms with Crippen LogP contribution in [0.3, 0.4) is 0 Å². The number of carbonyl (C=O) groups excluding carboxylic acids is 1. The van der Waals surface area contributed by atoms with Gasteiger partial charge in [-0.3, -0.25) is 0 Å². The quantitative estimate of drug-likeness (QED) is 0.808. The Morgan fingerprint density at radius 3 is 2.59 bits per heavy atom. The number of amides is 1. The maximum absolute atomic E-state index is 11.6. The van der Waals surface area contributed by atoms with Crippen molar-refractivity contribution in [1.82, 2.24) is 10.0 Å². The van der Waals surface area contributed by atoms with E-state index in [2.05, 4.69) is 14.2 Å². The first-order valence-electron chi connectivity index (χ1n) is 6.58. The highest BCUT2D eigenvalue weighted by molar-refractivity contribution is 7.85. The third kappa shape index (κ3) is 5.84. The first-order valence-corrected chi connectivity index (χ1v) is 8.87. The fraction of sp³-hybridized carbons (Fsp3) is 0.214. The molecule has 0 unspecified atom stereocenters. The van der Waals surface area contributed by atoms with Crippen LogP contribution in [-0.2, 0) is 27.5 Å². The van der Waals surface area contributed by atoms with Gasteiger partial charge in [0.25, 0.3) is 0 Å². The Labute approximate surface area is 133 Å². The number of thiophene rings is 1. The van der Waals surface area contributed by atoms with Gasteiger partial charge in [0.2, 0.25) is 0 Å². The summed E-state index contributed by atoms with van der Waals surface area (Å²) in [6.45, 7) is 0.374. The number of hydrogen-bond acceptors (Lipinski definition) is 5. The van der Waals surface area contributed by atoms with Crippen LogP contribution < -0.4 is 10.0 Å². The highest BCUT2D eigenvalue weighted by Crippen LogP contribution is 2.08. The maximum atomic E-state index is 11.6. The highest BCUT2D eigenvalue weighted by Gasteiger charge is 2.16. The van der Waals surface area contributed by atoms with Crippen molar-refractivity contribution in [3.05, 3.63) is 58.3 Å². The molecule has 6 nitrogen and oxygen atoms in total. The summed E-state index contributed by atoms with van der Waals surface area (Å²) in [6.07, 6.45) is -0.459. The number of nitrogens with one attached hydrogen (secondary N) is 2. The average Bonchev–Trinajstić information content (AvgIpc) is 2.99. The van der Waals surface area contributed by atoms with Crippen molar-refractivity contribution >= 4 is 27.7 Å². The summed E-state index contributed by atoms with van der Waals surface area (Å²) in [5, 5.41) is 4.29. The highest BCUT2D eigenvalue weighted by atomic mass is 32.2. The van der Waals surface area contributed by atoms with Crippen molar-refractivity contribution in [2.75, 3.05) is 6.54 Å². The van der Waals surface area contributed by atoms with Crippen LogP contribution in [0.25, 0.3) is 0 Å². The van der Waals surface area contributed by atoms with Crippen molar-refractivity contribution in [1.29, 1.82) is 0 Å². The van der Waals surface area contributed by atoms with Crippen molar-refractivity contribution < 1.29 is 17.4 Å². The van der Waals surface area contributed by atoms with Crippen LogP contribution in [0.4, 0.5) is 4.79 Å². The summed E-state index contributed by atoms with van der Waals surface area (Å²) < 4.78 is 29.8. The molecule has 2 rings (SSSR count). The van der Waals surface area contributed by atoms with Gasteiger partial charge in [-0.05, 0) is 23.4 Å². The van der Waals surface area contributed by atoms with Crippen LogP contribution in [0, 0.1) is 0 Å². The molecule has 0 atom stereocenters. The minimum atomic E-state index is -4.10. The molecule has 0 spiro atoms. The third-order valence-electron chi connectivity index (χ3n) is 2.70. The predicted molar refractivity (Wildman–Crippen MR) is 84.7 cm³/mol. The van der Waals surface area contributed by atoms with Crippen molar-refractivity contribution in [3.8, 4) is 0 Å². The molecular formula is C14H16N2O4S2. The number of hydrogen-bond donors (Lipinski definition) is 2. The van der Waals surface area contributed by atoms with E-state index in [0.29, 0.717) is 6.42 Å². The number of benzene rings is 1. The summed E-state index contributed by atoms with van der Waals surface area (Å²) in [6, 6.07) is 12.9. The van der Waals surface area contributed by atoms with E-state index in [1.165, 1.54) is 11.3 Å². The lowest BCUT2D eigenvalue weighted by Crippen LogP contribution is -2.34. The van der Waals surface area contributed by atoms with Crippen LogP contribution in [-0.4, -0.2) is 21.1 Å². The van der Waals surface area contributed by atoms with Gasteiger partial charge in [0, 0.05) is 18.0 Å². The topological polar surface area (TPSA) is 84.5 Å². The van der Waals surface area contributed by atoms with E-state index in [0.717, 1.165) is 10.4 Å². The van der Waals surface area contributed by atoms with E-state index >= 15 is 0 Å². The molecule has 118 valence electrons. The largest absolute Gasteiger partial charge is 0.423 e. The number of carbonyl (C=O) groups is 1. The van der Waals surface area contributed by atoms with Crippen molar-refractivity contribution in [2.45, 2.75) is 13.0 Å². The summed E-state index contributed by atoms with van der Waals surface area (Å²) in [7, 11) is -4.10. The molecule has 2 aromatic rings. The van der Waals surface area contributed by atoms with Gasteiger partial charge in [0.05, 0.1) is 0 Å². The molecule has 1 aromatic heterocycles. The lowest BCUT2D eigenvalue weighted by Gasteiger charge is -2.08. The molecule has 1 heterocycles. The third-order valence-corrected chi connectivity index (χ3v) is 4.56. The minimum Gasteiger partial charge on any atom is -0.316 e. The Kier molecular flexibility index (Phi) is 5.93. The maximum Gasteiger partial charge on any atom is 0.423 e. The molecule has 1 amide bonds. The van der Waals surface area contributed by atoms with Crippen molar-refractivity contribution in [2.24, 2.45) is 0 Å². The monoisotopic (exact) mass is 340 g/mol. The molecule has 0 aliphatic rings. The van der Waals surface area contributed by atoms with Gasteiger partial charge in [-0.15, -0.1) is 11.3 Å². The molecule has 0 radical (unpaired) electrons. The lowest BCUT2D eigenvalue weighted by atomic mass is 10.2. The van der Waals surface area contributed by atoms with E-state index in [-0.39, 0.29) is 13.1 Å². The second kappa shape index (κ2) is 7.92. The number of rotatable bonds is 7. The first-order chi connectivity index (χ1) is 10.6. The van der Waals surface area contributed by atoms with Crippen LogP contribution in [0.5, 0.6) is 0 Å². The zero-order chi connectivity index (χ0) is 15.8. The molecule has 8 heteroatoms. The molecule has 1 aromatic carbocycles. The lowest BCUT2D eigenvalue weighted by molar-refractivity contribution is 0.201. The zero-order valence-electron chi connectivity index (χ0n) is 11.7. The normalized spacial score (nSPS) is 11.1. The second-order valence-corrected chi connectivity index (χ2v) is 6.78. The standard InChI is InChI=1S/C14H16N2O4S2/c17-14(15-11-12-5-2-1-3-6-12)20-22(18,19)16-9-8-13-7-4-10-21-13/h1-7,10,16H,8-9,11H2,(H,15,17). The SMILES string of the molecule is O=C(NCc1ccccc1)OS(=O)(=O)NCCc1cccs1. The van der Waals surface area contributed by atoms with E-state index < -0.39 is 16.4 Å². The molecular weight excluding hydrogens is 324 g/mol. The van der Waals surface area contributed by atoms with E-state index in [4.69, 9.17) is 0 Å². The molecule has 0 fully saturated rings. The summed E-state index contributed by atoms with van der Waals surface area (Å²) in [4.78, 5) is 12.5. The minimum absolute atomic E-state index is 0.175. The van der Waals surface area contributed by atoms with E-state index in [1.807, 2.05) is 47.8 Å². The summed E-state index contributed by atoms with van der Waals surface area (Å²) in [5.74, 6) is 0. The molecule has 0 saturated heterocycles. The predicted octanol–water partition coefficient (Wildman–Crippen LogP) is 2.05. The fourth-order valence-electron chi connectivity index (χ4n) is 1.68. The Balaban J connectivity index is 1.72. The second-order valence-electron chi connectivity index (χ2n) is 4.39. The van der Waals surface area contributed by atoms with Crippen molar-refractivity contribution in [3.63, 3.8) is 0 Å². The van der Waals surface area contributed by atoms with E-state index in [1.54, 1.807) is 0 Å². The van der Waals surface area contributed by atoms with Crippen LogP contribution in [0.1, 0.15) is 10.4 Å². The Hall–Kier alpha value is -1.90. The summed E-state index contributed by atoms with van der Waals surface area (Å²) in [5.41, 5.74) is 0.850. The molecule has 0 aliphatic carbocycles. The zero-order valence-corrected chi connectivity index (χ0v) is 13.3. The van der Waals surface area contributed by atoms with Crippen LogP contribution in [0.2, 0.25) is 0 Å². The smallest absolute Gasteiger partial charge is 0.316 e. The van der Waals surface area contributed by atoms with E-state index in [9.17, 15) is 13.2 Å². The average molecular weight is 340 g/mol. The fourth-order valence-corrected chi connectivity index (χ4v) is 3.06. The summed E-state index contributed by atoms with van der Waals surface area (Å²) >= 11 is 1.54. The molecule has 0 saturated carbocycles. The molecule has 2 N–H and O–H groups in total. The van der Waals surface area contributed by atoms with Gasteiger partial charge in [0.1, 0.15) is 0 Å². The van der Waals surface area contributed by atoms with Gasteiger partial charge in [-0.25, -0.2) is 4.79 Å². The van der Waals surface area contributed by atoms with Gasteiger partial charge < -0.3 is 9.50 Å². The van der Waals surface area contributed by atoms with Gasteiger partial charge >= 0.3 is 16.4 Å². The van der Waals surface area contributed by atoms with Gasteiger partial charge in [0.15, 0.2) is 0 Å². The molecule has 0 aliphatic heterocycles. The van der Waals surface area contributed by atoms with Crippen LogP contribution in [0.15, 0.2) is 47.8 Å². The Morgan fingerprint density at radius 2 is 1.91 bits per heavy atom. The Morgan fingerprint density at radius 1 is 1.14 bits per heavy atom. The Bertz CT molecular complexity index is 685. The molecule has 0 bridgehead atoms.